The Hall–Kier alpha value is -1.37. The molecule has 0 aromatic rings. The van der Waals surface area contributed by atoms with Gasteiger partial charge in [-0.3, -0.25) is 4.79 Å². The molecule has 1 aliphatic rings. The van der Waals surface area contributed by atoms with Crippen LogP contribution in [0.1, 0.15) is 181 Å². The highest BCUT2D eigenvalue weighted by molar-refractivity contribution is 5.80. The van der Waals surface area contributed by atoms with Gasteiger partial charge in [0.05, 0.1) is 25.4 Å². The first-order chi connectivity index (χ1) is 25.8. The molecule has 10 heteroatoms. The van der Waals surface area contributed by atoms with Crippen molar-refractivity contribution in [1.29, 1.82) is 0 Å². The zero-order chi connectivity index (χ0) is 38.9. The SMILES string of the molecule is CCCCCCCCCC/C=C/CC/C=C/C(O)C(COC1OC(CO)C(O)C(O)C1O)NC(=O)C(O)CCCCCCCCCCCCCCCC. The fraction of sp³-hybridized carbons (Fsp3) is 0.884. The molecule has 1 aliphatic heterocycles. The molecular weight excluding hydrogens is 674 g/mol. The minimum Gasteiger partial charge on any atom is -0.394 e. The fourth-order valence-corrected chi connectivity index (χ4v) is 6.77. The average Bonchev–Trinajstić information content (AvgIpc) is 3.16. The van der Waals surface area contributed by atoms with Crippen molar-refractivity contribution in [2.45, 2.75) is 230 Å². The number of aliphatic hydroxyl groups excluding tert-OH is 6. The third-order valence-corrected chi connectivity index (χ3v) is 10.4. The number of amides is 1. The van der Waals surface area contributed by atoms with E-state index < -0.39 is 61.5 Å². The standard InChI is InChI=1S/C43H81NO9/c1-3-5-7-9-11-13-15-17-19-21-23-25-27-29-31-36(46)35(34-52-43-41(50)40(49)39(48)38(33-45)53-43)44-42(51)37(47)32-30-28-26-24-22-20-18-16-14-12-10-8-6-4-2/h21,23,29,31,35-41,43,45-50H,3-20,22,24-28,30,32-34H2,1-2H3,(H,44,51)/b23-21+,31-29+. The van der Waals surface area contributed by atoms with E-state index in [9.17, 15) is 35.4 Å². The van der Waals surface area contributed by atoms with E-state index >= 15 is 0 Å². The van der Waals surface area contributed by atoms with Gasteiger partial charge in [0.2, 0.25) is 5.91 Å². The average molecular weight is 756 g/mol. The molecule has 1 saturated heterocycles. The van der Waals surface area contributed by atoms with Gasteiger partial charge >= 0.3 is 0 Å². The zero-order valence-corrected chi connectivity index (χ0v) is 33.6. The molecular formula is C43H81NO9. The summed E-state index contributed by atoms with van der Waals surface area (Å²) in [4.78, 5) is 13.0. The zero-order valence-electron chi connectivity index (χ0n) is 33.6. The van der Waals surface area contributed by atoms with E-state index in [1.807, 2.05) is 6.08 Å². The molecule has 312 valence electrons. The molecule has 0 aromatic heterocycles. The number of hydrogen-bond donors (Lipinski definition) is 7. The summed E-state index contributed by atoms with van der Waals surface area (Å²) in [6.07, 6.45) is 28.3. The maximum atomic E-state index is 13.0. The lowest BCUT2D eigenvalue weighted by Crippen LogP contribution is -2.60. The van der Waals surface area contributed by atoms with E-state index in [-0.39, 0.29) is 6.61 Å². The maximum Gasteiger partial charge on any atom is 0.249 e. The minimum atomic E-state index is -1.61. The number of carbonyl (C=O) groups is 1. The second-order valence-electron chi connectivity index (χ2n) is 15.3. The molecule has 10 nitrogen and oxygen atoms in total. The Balaban J connectivity index is 2.49. The van der Waals surface area contributed by atoms with Gasteiger partial charge in [-0.2, -0.15) is 0 Å². The molecule has 0 radical (unpaired) electrons. The highest BCUT2D eigenvalue weighted by Crippen LogP contribution is 2.22. The van der Waals surface area contributed by atoms with Crippen molar-refractivity contribution >= 4 is 5.91 Å². The van der Waals surface area contributed by atoms with Gasteiger partial charge in [-0.25, -0.2) is 0 Å². The van der Waals surface area contributed by atoms with Gasteiger partial charge in [0.1, 0.15) is 30.5 Å². The summed E-state index contributed by atoms with van der Waals surface area (Å²) in [5.41, 5.74) is 0. The van der Waals surface area contributed by atoms with Crippen molar-refractivity contribution in [2.24, 2.45) is 0 Å². The first-order valence-electron chi connectivity index (χ1n) is 21.7. The van der Waals surface area contributed by atoms with Crippen LogP contribution in [-0.4, -0.2) is 98.7 Å². The van der Waals surface area contributed by atoms with Crippen LogP contribution in [0.3, 0.4) is 0 Å². The van der Waals surface area contributed by atoms with Crippen molar-refractivity contribution in [3.63, 3.8) is 0 Å². The molecule has 8 atom stereocenters. The van der Waals surface area contributed by atoms with Crippen molar-refractivity contribution in [1.82, 2.24) is 5.32 Å². The molecule has 0 spiro atoms. The molecule has 0 saturated carbocycles. The summed E-state index contributed by atoms with van der Waals surface area (Å²) in [6.45, 7) is 3.57. The van der Waals surface area contributed by atoms with E-state index in [4.69, 9.17) is 9.47 Å². The molecule has 1 amide bonds. The molecule has 53 heavy (non-hydrogen) atoms. The van der Waals surface area contributed by atoms with E-state index in [0.717, 1.165) is 32.1 Å². The molecule has 0 aliphatic carbocycles. The van der Waals surface area contributed by atoms with Gasteiger partial charge in [0.25, 0.3) is 0 Å². The normalized spacial score (nSPS) is 22.5. The van der Waals surface area contributed by atoms with Crippen LogP contribution in [0.25, 0.3) is 0 Å². The van der Waals surface area contributed by atoms with Crippen LogP contribution in [0.15, 0.2) is 24.3 Å². The number of aliphatic hydroxyl groups is 6. The van der Waals surface area contributed by atoms with Crippen LogP contribution in [0, 0.1) is 0 Å². The summed E-state index contributed by atoms with van der Waals surface area (Å²) in [5, 5.41) is 64.5. The molecule has 1 heterocycles. The number of ether oxygens (including phenoxy) is 2. The summed E-state index contributed by atoms with van der Waals surface area (Å²) >= 11 is 0. The van der Waals surface area contributed by atoms with Crippen LogP contribution in [-0.2, 0) is 14.3 Å². The van der Waals surface area contributed by atoms with Gasteiger partial charge in [-0.1, -0.05) is 173 Å². The first kappa shape index (κ1) is 49.6. The quantitative estimate of drug-likeness (QED) is 0.0259. The summed E-state index contributed by atoms with van der Waals surface area (Å²) in [7, 11) is 0. The Bertz CT molecular complexity index is 901. The van der Waals surface area contributed by atoms with E-state index in [1.54, 1.807) is 6.08 Å². The smallest absolute Gasteiger partial charge is 0.249 e. The predicted octanol–water partition coefficient (Wildman–Crippen LogP) is 7.30. The summed E-state index contributed by atoms with van der Waals surface area (Å²) in [6, 6.07) is -0.991. The van der Waals surface area contributed by atoms with Crippen molar-refractivity contribution < 1.29 is 44.9 Å². The number of carbonyl (C=O) groups excluding carboxylic acids is 1. The Morgan fingerprint density at radius 3 is 1.64 bits per heavy atom. The molecule has 1 fully saturated rings. The second-order valence-corrected chi connectivity index (χ2v) is 15.3. The van der Waals surface area contributed by atoms with Crippen molar-refractivity contribution in [2.75, 3.05) is 13.2 Å². The minimum absolute atomic E-state index is 0.307. The van der Waals surface area contributed by atoms with E-state index in [2.05, 4.69) is 31.3 Å². The van der Waals surface area contributed by atoms with Crippen LogP contribution >= 0.6 is 0 Å². The Labute approximate surface area is 322 Å². The highest BCUT2D eigenvalue weighted by atomic mass is 16.7. The summed E-state index contributed by atoms with van der Waals surface area (Å²) < 4.78 is 11.1. The van der Waals surface area contributed by atoms with Gasteiger partial charge in [-0.15, -0.1) is 0 Å². The number of rotatable bonds is 35. The Morgan fingerprint density at radius 2 is 1.11 bits per heavy atom. The van der Waals surface area contributed by atoms with Crippen LogP contribution in [0.4, 0.5) is 0 Å². The van der Waals surface area contributed by atoms with Crippen molar-refractivity contribution in [3.8, 4) is 0 Å². The van der Waals surface area contributed by atoms with Crippen LogP contribution in [0.5, 0.6) is 0 Å². The number of nitrogens with one attached hydrogen (secondary N) is 1. The highest BCUT2D eigenvalue weighted by Gasteiger charge is 2.44. The molecule has 8 unspecified atom stereocenters. The molecule has 0 aromatic carbocycles. The maximum absolute atomic E-state index is 13.0. The largest absolute Gasteiger partial charge is 0.394 e. The number of hydrogen-bond acceptors (Lipinski definition) is 9. The topological polar surface area (TPSA) is 169 Å². The third kappa shape index (κ3) is 24.7. The Kier molecular flexibility index (Phi) is 31.8. The first-order valence-corrected chi connectivity index (χ1v) is 21.7. The summed E-state index contributed by atoms with van der Waals surface area (Å²) in [5.74, 6) is -0.626. The second kappa shape index (κ2) is 33.9. The van der Waals surface area contributed by atoms with Crippen molar-refractivity contribution in [3.05, 3.63) is 24.3 Å². The molecule has 7 N–H and O–H groups in total. The van der Waals surface area contributed by atoms with Gasteiger partial charge in [-0.05, 0) is 32.1 Å². The van der Waals surface area contributed by atoms with Crippen LogP contribution in [0.2, 0.25) is 0 Å². The van der Waals surface area contributed by atoms with E-state index in [0.29, 0.717) is 19.3 Å². The number of allylic oxidation sites excluding steroid dienone is 3. The van der Waals surface area contributed by atoms with Gasteiger partial charge in [0, 0.05) is 0 Å². The predicted molar refractivity (Wildman–Crippen MR) is 213 cm³/mol. The van der Waals surface area contributed by atoms with Gasteiger partial charge < -0.3 is 45.4 Å². The lowest BCUT2D eigenvalue weighted by Gasteiger charge is -2.40. The Morgan fingerprint density at radius 1 is 0.642 bits per heavy atom. The third-order valence-electron chi connectivity index (χ3n) is 10.4. The monoisotopic (exact) mass is 756 g/mol. The lowest BCUT2D eigenvalue weighted by atomic mass is 9.99. The fourth-order valence-electron chi connectivity index (χ4n) is 6.77. The van der Waals surface area contributed by atoms with Gasteiger partial charge in [0.15, 0.2) is 6.29 Å². The van der Waals surface area contributed by atoms with Crippen LogP contribution < -0.4 is 5.32 Å². The van der Waals surface area contributed by atoms with E-state index in [1.165, 1.54) is 116 Å². The lowest BCUT2D eigenvalue weighted by molar-refractivity contribution is -0.302. The molecule has 1 rings (SSSR count). The number of unbranched alkanes of at least 4 members (excludes halogenated alkanes) is 22. The molecule has 0 bridgehead atoms.